The minimum absolute atomic E-state index is 0.0777. The predicted octanol–water partition coefficient (Wildman–Crippen LogP) is 5.01. The Morgan fingerprint density at radius 3 is 2.86 bits per heavy atom. The van der Waals surface area contributed by atoms with Gasteiger partial charge in [0.2, 0.25) is 6.29 Å². The molecule has 1 amide bonds. The Hall–Kier alpha value is -5.58. The highest BCUT2D eigenvalue weighted by atomic mass is 16.7. The van der Waals surface area contributed by atoms with Gasteiger partial charge in [-0.05, 0) is 77.3 Å². The molecular formula is C46H43N2O10+. The number of nitrogens with zero attached hydrogens (tertiary/aromatic N) is 2. The molecule has 296 valence electrons. The molecule has 6 bridgehead atoms. The zero-order valence-electron chi connectivity index (χ0n) is 32.0. The second kappa shape index (κ2) is 14.7. The van der Waals surface area contributed by atoms with Gasteiger partial charge in [-0.1, -0.05) is 24.5 Å². The van der Waals surface area contributed by atoms with E-state index in [9.17, 15) is 24.9 Å². The van der Waals surface area contributed by atoms with Gasteiger partial charge >= 0.3 is 0 Å². The van der Waals surface area contributed by atoms with Gasteiger partial charge in [0.1, 0.15) is 47.7 Å². The van der Waals surface area contributed by atoms with Gasteiger partial charge in [0.25, 0.3) is 5.91 Å². The smallest absolute Gasteiger partial charge is 0.254 e. The van der Waals surface area contributed by atoms with E-state index in [1.807, 2.05) is 36.8 Å². The summed E-state index contributed by atoms with van der Waals surface area (Å²) in [5.74, 6) is 3.12. The van der Waals surface area contributed by atoms with Crippen molar-refractivity contribution < 1.29 is 48.6 Å². The Kier molecular flexibility index (Phi) is 9.29. The van der Waals surface area contributed by atoms with Crippen molar-refractivity contribution in [1.82, 2.24) is 4.90 Å². The number of benzene rings is 3. The van der Waals surface area contributed by atoms with Crippen LogP contribution in [0.5, 0.6) is 17.2 Å². The number of fused-ring (bicyclic) bond motifs is 10. The van der Waals surface area contributed by atoms with E-state index in [1.165, 1.54) is 12.0 Å². The maximum atomic E-state index is 14.7. The maximum absolute atomic E-state index is 14.7. The number of aliphatic hydroxyl groups excluding tert-OH is 2. The van der Waals surface area contributed by atoms with E-state index in [-0.39, 0.29) is 72.8 Å². The number of hydrogen-bond donors (Lipinski definition) is 3. The molecule has 12 nitrogen and oxygen atoms in total. The average molecular weight is 784 g/mol. The standard InChI is InChI=1S/C46H42N2O10/c1-54-27-17-32-30-15-14-25-8-4-11-29(25)38(30)40-35(49)21-48-20-33-24(7-5-12-31(33)45(48)53)9-6-16-56-44-41(50)37(23-55-22-26-19-47-34-13-3-2-10-28(26)34)58-46(43(44)52)57-36(18-27)39(32)42(40)51/h2-3,5,7,10,12-13,17-19,25,29,37,41,43-44,46,50,52H,4,8-9,11,14-15,20-23H2,1H3/p+1/t25-,29-,37+,41+,43+,44-,46-/m0/s1. The molecule has 3 aliphatic carbocycles. The van der Waals surface area contributed by atoms with Crippen LogP contribution in [0.15, 0.2) is 70.4 Å². The number of carbonyl (C=O) groups is 2. The molecule has 3 aromatic carbocycles. The molecule has 0 radical (unpaired) electrons. The molecule has 7 atom stereocenters. The van der Waals surface area contributed by atoms with Crippen molar-refractivity contribution in [3.63, 3.8) is 0 Å². The molecule has 4 aliphatic heterocycles. The molecule has 58 heavy (non-hydrogen) atoms. The molecular weight excluding hydrogens is 741 g/mol. The van der Waals surface area contributed by atoms with Gasteiger partial charge in [-0.25, -0.2) is 0 Å². The number of aromatic hydroxyl groups is 1. The van der Waals surface area contributed by atoms with Crippen molar-refractivity contribution >= 4 is 28.7 Å². The van der Waals surface area contributed by atoms with Crippen LogP contribution in [0.3, 0.4) is 0 Å². The van der Waals surface area contributed by atoms with E-state index in [2.05, 4.69) is 17.0 Å². The van der Waals surface area contributed by atoms with Gasteiger partial charge in [-0.2, -0.15) is 4.99 Å². The lowest BCUT2D eigenvalue weighted by atomic mass is 9.72. The largest absolute Gasteiger partial charge is 0.506 e. The Morgan fingerprint density at radius 2 is 1.98 bits per heavy atom. The molecule has 3 aromatic rings. The van der Waals surface area contributed by atoms with Crippen molar-refractivity contribution in [3.8, 4) is 29.3 Å². The van der Waals surface area contributed by atoms with Crippen LogP contribution in [0.4, 0.5) is 0 Å². The summed E-state index contributed by atoms with van der Waals surface area (Å²) in [6.07, 6.45) is 10.2. The number of aliphatic imine (C=N–C) groups is 1. The SMILES string of the molecule is COc1cc2c3c(O)c(c4c(c3c1)CC[C@@H]1CCC[C@H]41)C(=O)CN1Cc3c(cccc3C1=O)CC#CO[C@@H]1[C@@H](O)[C@@H](O2)O[C@H](COCC2=C3[CH+]C=CC=C3N=C2)[C@H]1O. The highest BCUT2D eigenvalue weighted by molar-refractivity contribution is 6.12. The van der Waals surface area contributed by atoms with Crippen LogP contribution >= 0.6 is 0 Å². The van der Waals surface area contributed by atoms with Crippen molar-refractivity contribution in [1.29, 1.82) is 0 Å². The molecule has 3 N–H and O–H groups in total. The number of phenols is 1. The van der Waals surface area contributed by atoms with Crippen LogP contribution in [-0.4, -0.2) is 95.7 Å². The molecule has 12 heteroatoms. The van der Waals surface area contributed by atoms with E-state index in [1.54, 1.807) is 24.4 Å². The van der Waals surface area contributed by atoms with Crippen LogP contribution in [-0.2, 0) is 33.6 Å². The van der Waals surface area contributed by atoms with E-state index >= 15 is 0 Å². The number of Topliss-reactive ketones (excluding diaryl/α,β-unsaturated/α-hetero) is 1. The van der Waals surface area contributed by atoms with Gasteiger partial charge < -0.3 is 43.9 Å². The molecule has 2 fully saturated rings. The summed E-state index contributed by atoms with van der Waals surface area (Å²) in [5, 5.41) is 36.8. The Labute approximate surface area is 335 Å². The third kappa shape index (κ3) is 6.07. The summed E-state index contributed by atoms with van der Waals surface area (Å²) >= 11 is 0. The Morgan fingerprint density at radius 1 is 1.09 bits per heavy atom. The van der Waals surface area contributed by atoms with Crippen LogP contribution in [0.25, 0.3) is 10.8 Å². The molecule has 0 unspecified atom stereocenters. The normalized spacial score (nSPS) is 28.1. The first-order valence-corrected chi connectivity index (χ1v) is 20.0. The zero-order chi connectivity index (χ0) is 39.7. The zero-order valence-corrected chi connectivity index (χ0v) is 32.0. The number of carbonyl (C=O) groups excluding carboxylic acids is 2. The number of hydrogen-bond acceptors (Lipinski definition) is 11. The number of ketones is 1. The van der Waals surface area contributed by atoms with Gasteiger partial charge in [0.05, 0.1) is 43.0 Å². The number of allylic oxidation sites excluding steroid dienone is 4. The fraction of sp³-hybridized carbons (Fsp3) is 0.391. The van der Waals surface area contributed by atoms with Gasteiger partial charge in [-0.3, -0.25) is 9.59 Å². The second-order valence-electron chi connectivity index (χ2n) is 16.0. The maximum Gasteiger partial charge on any atom is 0.254 e. The summed E-state index contributed by atoms with van der Waals surface area (Å²) in [6, 6.07) is 8.85. The first kappa shape index (κ1) is 36.7. The fourth-order valence-electron chi connectivity index (χ4n) is 10.0. The van der Waals surface area contributed by atoms with E-state index in [4.69, 9.17) is 23.7 Å². The van der Waals surface area contributed by atoms with Crippen molar-refractivity contribution in [2.75, 3.05) is 26.9 Å². The van der Waals surface area contributed by atoms with Crippen molar-refractivity contribution in [3.05, 3.63) is 105 Å². The Bertz CT molecular complexity index is 2440. The first-order chi connectivity index (χ1) is 28.3. The molecule has 0 aromatic heterocycles. The van der Waals surface area contributed by atoms with Crippen LogP contribution < -0.4 is 9.47 Å². The lowest BCUT2D eigenvalue weighted by molar-refractivity contribution is -0.278. The molecule has 7 aliphatic rings. The quantitative estimate of drug-likeness (QED) is 0.238. The van der Waals surface area contributed by atoms with Crippen LogP contribution in [0.2, 0.25) is 0 Å². The summed E-state index contributed by atoms with van der Waals surface area (Å²) in [5.41, 5.74) is 6.72. The topological polar surface area (TPSA) is 157 Å². The first-order valence-electron chi connectivity index (χ1n) is 20.0. The van der Waals surface area contributed by atoms with E-state index in [0.717, 1.165) is 64.8 Å². The third-order valence-electron chi connectivity index (χ3n) is 12.8. The van der Waals surface area contributed by atoms with Gasteiger partial charge in [0, 0.05) is 49.2 Å². The fourth-order valence-corrected chi connectivity index (χ4v) is 10.0. The Balaban J connectivity index is 1.08. The molecule has 1 saturated heterocycles. The summed E-state index contributed by atoms with van der Waals surface area (Å²) in [7, 11) is 1.53. The predicted molar refractivity (Wildman–Crippen MR) is 212 cm³/mol. The van der Waals surface area contributed by atoms with Crippen molar-refractivity contribution in [2.45, 2.75) is 81.7 Å². The number of aryl methyl sites for hydroxylation is 1. The highest BCUT2D eigenvalue weighted by Gasteiger charge is 2.48. The number of ether oxygens (including phenoxy) is 5. The summed E-state index contributed by atoms with van der Waals surface area (Å²) in [4.78, 5) is 34.5. The summed E-state index contributed by atoms with van der Waals surface area (Å²) in [6.45, 7) is 0.0788. The summed E-state index contributed by atoms with van der Waals surface area (Å²) < 4.78 is 30.6. The number of phenolic OH excluding ortho intramolecular Hbond substituents is 1. The van der Waals surface area contributed by atoms with Crippen molar-refractivity contribution in [2.24, 2.45) is 10.9 Å². The number of aliphatic hydroxyl groups is 2. The number of rotatable bonds is 5. The van der Waals surface area contributed by atoms with Gasteiger partial charge in [-0.15, -0.1) is 0 Å². The number of methoxy groups -OCH3 is 1. The van der Waals surface area contributed by atoms with Gasteiger partial charge in [0.15, 0.2) is 23.7 Å². The lowest BCUT2D eigenvalue weighted by Crippen LogP contribution is -2.60. The van der Waals surface area contributed by atoms with E-state index < -0.39 is 30.7 Å². The molecule has 1 saturated carbocycles. The minimum Gasteiger partial charge on any atom is -0.506 e. The lowest BCUT2D eigenvalue weighted by Gasteiger charge is -2.41. The molecule has 10 rings (SSSR count). The molecule has 0 spiro atoms. The minimum atomic E-state index is -1.56. The van der Waals surface area contributed by atoms with Crippen LogP contribution in [0, 0.1) is 24.4 Å². The second-order valence-corrected chi connectivity index (χ2v) is 16.0. The highest BCUT2D eigenvalue weighted by Crippen LogP contribution is 2.54. The third-order valence-corrected chi connectivity index (χ3v) is 12.8. The molecule has 4 heterocycles. The van der Waals surface area contributed by atoms with Crippen LogP contribution in [0.1, 0.15) is 74.6 Å². The average Bonchev–Trinajstić information content (AvgIpc) is 3.96. The number of amides is 1. The monoisotopic (exact) mass is 783 g/mol. The van der Waals surface area contributed by atoms with E-state index in [0.29, 0.717) is 29.0 Å².